The zero-order valence-corrected chi connectivity index (χ0v) is 12.3. The van der Waals surface area contributed by atoms with Crippen LogP contribution in [0.15, 0.2) is 18.2 Å². The summed E-state index contributed by atoms with van der Waals surface area (Å²) in [5, 5.41) is 3.22. The van der Waals surface area contributed by atoms with Crippen molar-refractivity contribution in [3.63, 3.8) is 0 Å². The van der Waals surface area contributed by atoms with Gasteiger partial charge < -0.3 is 5.32 Å². The van der Waals surface area contributed by atoms with Crippen LogP contribution < -0.4 is 10.0 Å². The Morgan fingerprint density at radius 2 is 1.89 bits per heavy atom. The van der Waals surface area contributed by atoms with Gasteiger partial charge in [-0.25, -0.2) is 13.1 Å². The molecule has 0 saturated heterocycles. The monoisotopic (exact) mass is 270 g/mol. The molecule has 0 aliphatic carbocycles. The zero-order valence-electron chi connectivity index (χ0n) is 11.4. The third-order valence-corrected chi connectivity index (χ3v) is 4.53. The molecular formula is C13H22N2O2S. The molecule has 1 aromatic rings. The van der Waals surface area contributed by atoms with Crippen LogP contribution in [-0.2, 0) is 10.0 Å². The molecular weight excluding hydrogens is 248 g/mol. The highest BCUT2D eigenvalue weighted by molar-refractivity contribution is 7.89. The number of hydrogen-bond donors (Lipinski definition) is 2. The summed E-state index contributed by atoms with van der Waals surface area (Å²) < 4.78 is 24.8. The van der Waals surface area contributed by atoms with Crippen LogP contribution >= 0.6 is 0 Å². The lowest BCUT2D eigenvalue weighted by Gasteiger charge is -2.15. The lowest BCUT2D eigenvalue weighted by atomic mass is 10.0. The predicted octanol–water partition coefficient (Wildman–Crippen LogP) is 1.50. The molecule has 102 valence electrons. The maximum Gasteiger partial charge on any atom is 0.212 e. The van der Waals surface area contributed by atoms with Gasteiger partial charge in [0.25, 0.3) is 0 Å². The first-order valence-corrected chi connectivity index (χ1v) is 7.72. The van der Waals surface area contributed by atoms with Crippen molar-refractivity contribution in [2.75, 3.05) is 19.3 Å². The molecule has 0 amide bonds. The lowest BCUT2D eigenvalue weighted by molar-refractivity contribution is 0.567. The zero-order chi connectivity index (χ0) is 13.8. The average Bonchev–Trinajstić information content (AvgIpc) is 2.32. The molecule has 0 spiro atoms. The van der Waals surface area contributed by atoms with Gasteiger partial charge in [0, 0.05) is 12.6 Å². The fourth-order valence-corrected chi connectivity index (χ4v) is 2.25. The van der Waals surface area contributed by atoms with Crippen LogP contribution in [0.1, 0.15) is 29.7 Å². The van der Waals surface area contributed by atoms with Gasteiger partial charge in [-0.3, -0.25) is 0 Å². The van der Waals surface area contributed by atoms with Crippen LogP contribution in [-0.4, -0.2) is 27.8 Å². The molecule has 0 aliphatic rings. The molecule has 0 saturated carbocycles. The normalized spacial score (nSPS) is 13.6. The number of aryl methyl sites for hydroxylation is 2. The molecule has 0 aliphatic heterocycles. The Morgan fingerprint density at radius 1 is 1.22 bits per heavy atom. The second kappa shape index (κ2) is 6.31. The van der Waals surface area contributed by atoms with Gasteiger partial charge in [-0.05, 0) is 44.5 Å². The Morgan fingerprint density at radius 3 is 2.44 bits per heavy atom. The maximum atomic E-state index is 11.3. The first-order valence-electron chi connectivity index (χ1n) is 6.07. The number of rotatable bonds is 6. The first kappa shape index (κ1) is 15.1. The van der Waals surface area contributed by atoms with Crippen LogP contribution in [0.2, 0.25) is 0 Å². The van der Waals surface area contributed by atoms with E-state index in [9.17, 15) is 8.42 Å². The number of nitrogens with one attached hydrogen (secondary N) is 2. The smallest absolute Gasteiger partial charge is 0.212 e. The fourth-order valence-electron chi connectivity index (χ4n) is 1.66. The third-order valence-electron chi connectivity index (χ3n) is 3.16. The molecule has 4 nitrogen and oxygen atoms in total. The van der Waals surface area contributed by atoms with Gasteiger partial charge in [-0.15, -0.1) is 0 Å². The number of sulfonamides is 1. The van der Waals surface area contributed by atoms with Crippen LogP contribution in [0, 0.1) is 13.8 Å². The van der Waals surface area contributed by atoms with Gasteiger partial charge in [-0.2, -0.15) is 0 Å². The third kappa shape index (κ3) is 4.40. The molecule has 5 heteroatoms. The van der Waals surface area contributed by atoms with Crippen molar-refractivity contribution < 1.29 is 8.42 Å². The molecule has 1 rings (SSSR count). The summed E-state index contributed by atoms with van der Waals surface area (Å²) in [6.07, 6.45) is 0. The van der Waals surface area contributed by atoms with Crippen molar-refractivity contribution in [1.82, 2.24) is 10.0 Å². The quantitative estimate of drug-likeness (QED) is 0.823. The molecule has 0 heterocycles. The van der Waals surface area contributed by atoms with Gasteiger partial charge in [0.1, 0.15) is 0 Å². The highest BCUT2D eigenvalue weighted by Gasteiger charge is 2.09. The highest BCUT2D eigenvalue weighted by atomic mass is 32.2. The molecule has 0 aromatic heterocycles. The van der Waals surface area contributed by atoms with E-state index in [0.717, 1.165) is 0 Å². The topological polar surface area (TPSA) is 58.2 Å². The summed E-state index contributed by atoms with van der Waals surface area (Å²) in [6.45, 7) is 6.64. The van der Waals surface area contributed by atoms with Crippen molar-refractivity contribution in [3.8, 4) is 0 Å². The fraction of sp³-hybridized carbons (Fsp3) is 0.538. The second-order valence-corrected chi connectivity index (χ2v) is 6.59. The summed E-state index contributed by atoms with van der Waals surface area (Å²) in [4.78, 5) is 0. The van der Waals surface area contributed by atoms with E-state index in [1.807, 2.05) is 6.92 Å². The Bertz CT molecular complexity index is 498. The minimum atomic E-state index is -3.12. The van der Waals surface area contributed by atoms with E-state index in [1.54, 1.807) is 0 Å². The first-order chi connectivity index (χ1) is 8.35. The summed E-state index contributed by atoms with van der Waals surface area (Å²) in [6, 6.07) is 6.45. The highest BCUT2D eigenvalue weighted by Crippen LogP contribution is 2.16. The Balaban J connectivity index is 2.55. The van der Waals surface area contributed by atoms with E-state index in [0.29, 0.717) is 6.54 Å². The largest absolute Gasteiger partial charge is 0.309 e. The molecule has 1 unspecified atom stereocenters. The van der Waals surface area contributed by atoms with Crippen LogP contribution in [0.3, 0.4) is 0 Å². The van der Waals surface area contributed by atoms with Crippen LogP contribution in [0.4, 0.5) is 0 Å². The predicted molar refractivity (Wildman–Crippen MR) is 75.2 cm³/mol. The van der Waals surface area contributed by atoms with Crippen molar-refractivity contribution in [2.45, 2.75) is 26.8 Å². The van der Waals surface area contributed by atoms with E-state index >= 15 is 0 Å². The number of benzene rings is 1. The van der Waals surface area contributed by atoms with E-state index in [2.05, 4.69) is 42.1 Å². The molecule has 1 atom stereocenters. The minimum absolute atomic E-state index is 0.0959. The van der Waals surface area contributed by atoms with E-state index in [1.165, 1.54) is 23.7 Å². The van der Waals surface area contributed by atoms with Crippen molar-refractivity contribution in [2.24, 2.45) is 0 Å². The lowest BCUT2D eigenvalue weighted by Crippen LogP contribution is -2.30. The summed E-state index contributed by atoms with van der Waals surface area (Å²) in [7, 11) is -1.69. The summed E-state index contributed by atoms with van der Waals surface area (Å²) in [5.74, 6) is 0.0959. The summed E-state index contributed by atoms with van der Waals surface area (Å²) in [5.41, 5.74) is 3.70. The van der Waals surface area contributed by atoms with Crippen molar-refractivity contribution in [1.29, 1.82) is 0 Å². The van der Waals surface area contributed by atoms with Crippen LogP contribution in [0.25, 0.3) is 0 Å². The van der Waals surface area contributed by atoms with E-state index in [-0.39, 0.29) is 11.8 Å². The molecule has 18 heavy (non-hydrogen) atoms. The van der Waals surface area contributed by atoms with Gasteiger partial charge in [0.05, 0.1) is 5.75 Å². The van der Waals surface area contributed by atoms with Crippen molar-refractivity contribution in [3.05, 3.63) is 34.9 Å². The second-order valence-electron chi connectivity index (χ2n) is 4.54. The summed E-state index contributed by atoms with van der Waals surface area (Å²) >= 11 is 0. The Hall–Kier alpha value is -0.910. The standard InChI is InChI=1S/C13H22N2O2S/c1-10-5-6-13(9-11(10)2)12(3)15-7-8-18(16,17)14-4/h5-6,9,12,14-15H,7-8H2,1-4H3. The SMILES string of the molecule is CNS(=O)(=O)CCNC(C)c1ccc(C)c(C)c1. The van der Waals surface area contributed by atoms with E-state index in [4.69, 9.17) is 0 Å². The van der Waals surface area contributed by atoms with E-state index < -0.39 is 10.0 Å². The van der Waals surface area contributed by atoms with Gasteiger partial charge >= 0.3 is 0 Å². The maximum absolute atomic E-state index is 11.3. The minimum Gasteiger partial charge on any atom is -0.309 e. The average molecular weight is 270 g/mol. The van der Waals surface area contributed by atoms with Crippen molar-refractivity contribution >= 4 is 10.0 Å². The van der Waals surface area contributed by atoms with Gasteiger partial charge in [0.15, 0.2) is 0 Å². The van der Waals surface area contributed by atoms with Gasteiger partial charge in [0.2, 0.25) is 10.0 Å². The Labute approximate surface area is 110 Å². The van der Waals surface area contributed by atoms with Gasteiger partial charge in [-0.1, -0.05) is 18.2 Å². The Kier molecular flexibility index (Phi) is 5.31. The molecule has 1 aromatic carbocycles. The van der Waals surface area contributed by atoms with Crippen LogP contribution in [0.5, 0.6) is 0 Å². The molecule has 0 radical (unpaired) electrons. The molecule has 2 N–H and O–H groups in total. The number of hydrogen-bond acceptors (Lipinski definition) is 3. The molecule has 0 fully saturated rings. The molecule has 0 bridgehead atoms.